The number of piperazine rings is 1. The van der Waals surface area contributed by atoms with E-state index in [0.29, 0.717) is 0 Å². The van der Waals surface area contributed by atoms with E-state index in [2.05, 4.69) is 62.1 Å². The SMILES string of the molecule is c1ccc(N2CCN(C3CCN(c4ccncc4)CC3)CC2)cc1. The van der Waals surface area contributed by atoms with Gasteiger partial charge in [0.1, 0.15) is 0 Å². The molecule has 0 amide bonds. The highest BCUT2D eigenvalue weighted by atomic mass is 15.3. The minimum atomic E-state index is 0.751. The van der Waals surface area contributed by atoms with E-state index in [0.717, 1.165) is 32.2 Å². The molecule has 126 valence electrons. The Morgan fingerprint density at radius 2 is 1.25 bits per heavy atom. The van der Waals surface area contributed by atoms with Crippen LogP contribution in [0.25, 0.3) is 0 Å². The van der Waals surface area contributed by atoms with Crippen LogP contribution in [0.3, 0.4) is 0 Å². The van der Waals surface area contributed by atoms with Gasteiger partial charge in [0.05, 0.1) is 0 Å². The molecule has 2 aromatic rings. The molecule has 0 aliphatic carbocycles. The molecule has 1 aromatic carbocycles. The number of anilines is 2. The maximum Gasteiger partial charge on any atom is 0.0397 e. The maximum absolute atomic E-state index is 4.12. The predicted molar refractivity (Wildman–Crippen MR) is 99.7 cm³/mol. The third kappa shape index (κ3) is 3.39. The predicted octanol–water partition coefficient (Wildman–Crippen LogP) is 2.87. The average molecular weight is 322 g/mol. The van der Waals surface area contributed by atoms with Gasteiger partial charge in [-0.05, 0) is 37.1 Å². The molecule has 24 heavy (non-hydrogen) atoms. The third-order valence-corrected chi connectivity index (χ3v) is 5.44. The van der Waals surface area contributed by atoms with Crippen LogP contribution in [0.5, 0.6) is 0 Å². The van der Waals surface area contributed by atoms with Gasteiger partial charge in [-0.25, -0.2) is 0 Å². The van der Waals surface area contributed by atoms with Gasteiger partial charge in [-0.2, -0.15) is 0 Å². The van der Waals surface area contributed by atoms with Gasteiger partial charge < -0.3 is 9.80 Å². The number of benzene rings is 1. The molecule has 2 fully saturated rings. The normalized spacial score (nSPS) is 20.3. The topological polar surface area (TPSA) is 22.6 Å². The molecule has 0 unspecified atom stereocenters. The fourth-order valence-electron chi connectivity index (χ4n) is 4.03. The Bertz CT molecular complexity index is 557. The van der Waals surface area contributed by atoms with Crippen molar-refractivity contribution in [1.29, 1.82) is 0 Å². The van der Waals surface area contributed by atoms with E-state index in [1.807, 2.05) is 12.4 Å². The number of aromatic nitrogens is 1. The van der Waals surface area contributed by atoms with Crippen molar-refractivity contribution in [2.24, 2.45) is 0 Å². The molecule has 0 atom stereocenters. The molecule has 2 saturated heterocycles. The second-order valence-electron chi connectivity index (χ2n) is 6.78. The van der Waals surface area contributed by atoms with Gasteiger partial charge in [0.2, 0.25) is 0 Å². The van der Waals surface area contributed by atoms with Crippen molar-refractivity contribution < 1.29 is 0 Å². The van der Waals surface area contributed by atoms with Crippen molar-refractivity contribution in [3.63, 3.8) is 0 Å². The quantitative estimate of drug-likeness (QED) is 0.866. The van der Waals surface area contributed by atoms with Gasteiger partial charge in [0, 0.05) is 69.1 Å². The number of nitrogens with zero attached hydrogens (tertiary/aromatic N) is 4. The summed E-state index contributed by atoms with van der Waals surface area (Å²) >= 11 is 0. The van der Waals surface area contributed by atoms with Gasteiger partial charge in [0.15, 0.2) is 0 Å². The molecule has 4 nitrogen and oxygen atoms in total. The molecule has 3 heterocycles. The van der Waals surface area contributed by atoms with E-state index in [4.69, 9.17) is 0 Å². The van der Waals surface area contributed by atoms with Crippen molar-refractivity contribution >= 4 is 11.4 Å². The van der Waals surface area contributed by atoms with E-state index in [-0.39, 0.29) is 0 Å². The lowest BCUT2D eigenvalue weighted by Crippen LogP contribution is -2.53. The molecule has 0 radical (unpaired) electrons. The van der Waals surface area contributed by atoms with E-state index < -0.39 is 0 Å². The van der Waals surface area contributed by atoms with Crippen LogP contribution >= 0.6 is 0 Å². The zero-order valence-electron chi connectivity index (χ0n) is 14.2. The molecule has 2 aliphatic rings. The first-order valence-corrected chi connectivity index (χ1v) is 9.09. The van der Waals surface area contributed by atoms with Crippen LogP contribution in [-0.4, -0.2) is 55.2 Å². The summed E-state index contributed by atoms with van der Waals surface area (Å²) in [6, 6.07) is 15.8. The number of pyridine rings is 1. The van der Waals surface area contributed by atoms with Gasteiger partial charge in [-0.1, -0.05) is 18.2 Å². The highest BCUT2D eigenvalue weighted by molar-refractivity contribution is 5.46. The van der Waals surface area contributed by atoms with E-state index in [9.17, 15) is 0 Å². The van der Waals surface area contributed by atoms with Crippen LogP contribution in [0, 0.1) is 0 Å². The second kappa shape index (κ2) is 7.22. The standard InChI is InChI=1S/C20H26N4/c1-2-4-18(5-3-1)23-14-16-24(17-15-23)20-8-12-22(13-9-20)19-6-10-21-11-7-19/h1-7,10-11,20H,8-9,12-17H2. The Balaban J connectivity index is 1.28. The summed E-state index contributed by atoms with van der Waals surface area (Å²) in [5.74, 6) is 0. The van der Waals surface area contributed by atoms with Crippen LogP contribution in [0.1, 0.15) is 12.8 Å². The summed E-state index contributed by atoms with van der Waals surface area (Å²) in [6.45, 7) is 6.99. The third-order valence-electron chi connectivity index (χ3n) is 5.44. The van der Waals surface area contributed by atoms with Crippen molar-refractivity contribution in [3.05, 3.63) is 54.9 Å². The van der Waals surface area contributed by atoms with Gasteiger partial charge in [-0.15, -0.1) is 0 Å². The zero-order valence-corrected chi connectivity index (χ0v) is 14.2. The molecular weight excluding hydrogens is 296 g/mol. The maximum atomic E-state index is 4.12. The van der Waals surface area contributed by atoms with Gasteiger partial charge in [-0.3, -0.25) is 9.88 Å². The van der Waals surface area contributed by atoms with Gasteiger partial charge >= 0.3 is 0 Å². The lowest BCUT2D eigenvalue weighted by atomic mass is 10.0. The summed E-state index contributed by atoms with van der Waals surface area (Å²) in [5, 5.41) is 0. The fourth-order valence-corrected chi connectivity index (χ4v) is 4.03. The Labute approximate surface area is 144 Å². The lowest BCUT2D eigenvalue weighted by Gasteiger charge is -2.43. The minimum absolute atomic E-state index is 0.751. The summed E-state index contributed by atoms with van der Waals surface area (Å²) in [5.41, 5.74) is 2.68. The first kappa shape index (κ1) is 15.5. The number of para-hydroxylation sites is 1. The monoisotopic (exact) mass is 322 g/mol. The molecule has 1 aromatic heterocycles. The molecule has 0 N–H and O–H groups in total. The molecule has 2 aliphatic heterocycles. The van der Waals surface area contributed by atoms with Gasteiger partial charge in [0.25, 0.3) is 0 Å². The lowest BCUT2D eigenvalue weighted by molar-refractivity contribution is 0.160. The Hall–Kier alpha value is -2.07. The smallest absolute Gasteiger partial charge is 0.0397 e. The Kier molecular flexibility index (Phi) is 4.65. The fraction of sp³-hybridized carbons (Fsp3) is 0.450. The number of rotatable bonds is 3. The molecule has 4 heteroatoms. The highest BCUT2D eigenvalue weighted by Crippen LogP contribution is 2.24. The van der Waals surface area contributed by atoms with Crippen LogP contribution < -0.4 is 9.80 Å². The summed E-state index contributed by atoms with van der Waals surface area (Å²) in [4.78, 5) is 11.8. The van der Waals surface area contributed by atoms with Crippen molar-refractivity contribution in [2.45, 2.75) is 18.9 Å². The van der Waals surface area contributed by atoms with Crippen molar-refractivity contribution in [1.82, 2.24) is 9.88 Å². The number of piperidine rings is 1. The van der Waals surface area contributed by atoms with Crippen molar-refractivity contribution in [3.8, 4) is 0 Å². The largest absolute Gasteiger partial charge is 0.371 e. The van der Waals surface area contributed by atoms with E-state index in [1.54, 1.807) is 0 Å². The number of hydrogen-bond donors (Lipinski definition) is 0. The summed E-state index contributed by atoms with van der Waals surface area (Å²) in [7, 11) is 0. The summed E-state index contributed by atoms with van der Waals surface area (Å²) < 4.78 is 0. The van der Waals surface area contributed by atoms with Crippen LogP contribution in [0.2, 0.25) is 0 Å². The Morgan fingerprint density at radius 3 is 1.92 bits per heavy atom. The molecule has 0 saturated carbocycles. The minimum Gasteiger partial charge on any atom is -0.371 e. The summed E-state index contributed by atoms with van der Waals surface area (Å²) in [6.07, 6.45) is 6.33. The molecular formula is C20H26N4. The molecule has 0 bridgehead atoms. The molecule has 4 rings (SSSR count). The molecule has 0 spiro atoms. The van der Waals surface area contributed by atoms with Crippen LogP contribution in [0.15, 0.2) is 54.9 Å². The van der Waals surface area contributed by atoms with Crippen molar-refractivity contribution in [2.75, 3.05) is 49.1 Å². The van der Waals surface area contributed by atoms with Crippen LogP contribution in [0.4, 0.5) is 11.4 Å². The first-order valence-electron chi connectivity index (χ1n) is 9.09. The van der Waals surface area contributed by atoms with E-state index in [1.165, 1.54) is 37.3 Å². The number of hydrogen-bond acceptors (Lipinski definition) is 4. The van der Waals surface area contributed by atoms with E-state index >= 15 is 0 Å². The zero-order chi connectivity index (χ0) is 16.2. The van der Waals surface area contributed by atoms with Crippen LogP contribution in [-0.2, 0) is 0 Å². The first-order chi connectivity index (χ1) is 11.9. The average Bonchev–Trinajstić information content (AvgIpc) is 2.70. The highest BCUT2D eigenvalue weighted by Gasteiger charge is 2.27. The second-order valence-corrected chi connectivity index (χ2v) is 6.78. The Morgan fingerprint density at radius 1 is 0.667 bits per heavy atom.